The molecule has 1 aliphatic carbocycles. The molecular formula is C24H24ClN5O3. The molecule has 1 amide bonds. The number of imidazole rings is 1. The van der Waals surface area contributed by atoms with E-state index in [-0.39, 0.29) is 35.7 Å². The van der Waals surface area contributed by atoms with Crippen LogP contribution in [0.4, 0.5) is 0 Å². The number of carbonyl (C=O) groups excluding carboxylic acids is 1. The van der Waals surface area contributed by atoms with Gasteiger partial charge in [-0.25, -0.2) is 9.78 Å². The van der Waals surface area contributed by atoms with Crippen LogP contribution >= 0.6 is 11.6 Å². The van der Waals surface area contributed by atoms with Crippen molar-refractivity contribution in [2.45, 2.75) is 50.6 Å². The van der Waals surface area contributed by atoms with Gasteiger partial charge in [0.05, 0.1) is 21.9 Å². The van der Waals surface area contributed by atoms with Crippen LogP contribution in [0.2, 0.25) is 5.02 Å². The lowest BCUT2D eigenvalue weighted by Crippen LogP contribution is -2.39. The highest BCUT2D eigenvalue weighted by Gasteiger charge is 2.26. The summed E-state index contributed by atoms with van der Waals surface area (Å²) in [6.45, 7) is 0. The fourth-order valence-corrected chi connectivity index (χ4v) is 4.89. The molecule has 3 N–H and O–H groups in total. The van der Waals surface area contributed by atoms with E-state index in [0.29, 0.717) is 28.2 Å². The quantitative estimate of drug-likeness (QED) is 0.419. The lowest BCUT2D eigenvalue weighted by molar-refractivity contribution is -0.122. The number of para-hydroxylation sites is 1. The Balaban J connectivity index is 1.18. The highest BCUT2D eigenvalue weighted by molar-refractivity contribution is 6.31. The normalized spacial score (nSPS) is 18.6. The van der Waals surface area contributed by atoms with Gasteiger partial charge in [0.15, 0.2) is 0 Å². The first-order valence-electron chi connectivity index (χ1n) is 11.1. The predicted molar refractivity (Wildman–Crippen MR) is 128 cm³/mol. The average Bonchev–Trinajstić information content (AvgIpc) is 3.13. The molecule has 1 aliphatic rings. The second kappa shape index (κ2) is 8.86. The molecule has 2 heterocycles. The van der Waals surface area contributed by atoms with Crippen molar-refractivity contribution in [3.63, 3.8) is 0 Å². The third-order valence-electron chi connectivity index (χ3n) is 6.36. The van der Waals surface area contributed by atoms with E-state index >= 15 is 0 Å². The molecule has 0 spiro atoms. The van der Waals surface area contributed by atoms with Crippen LogP contribution in [0.5, 0.6) is 0 Å². The molecule has 2 aromatic carbocycles. The van der Waals surface area contributed by atoms with Gasteiger partial charge in [-0.15, -0.1) is 0 Å². The smallest absolute Gasteiger partial charge is 0.326 e. The molecule has 8 nitrogen and oxygen atoms in total. The number of halogens is 1. The molecular weight excluding hydrogens is 442 g/mol. The number of amides is 1. The SMILES string of the molecule is O=C(CCc1nc2ccccc2c(=O)[nH]1)NC1CCC(n2c(=O)[nH]c3ccc(Cl)cc32)CC1. The monoisotopic (exact) mass is 465 g/mol. The van der Waals surface area contributed by atoms with Crippen molar-refractivity contribution in [3.05, 3.63) is 74.1 Å². The van der Waals surface area contributed by atoms with Crippen molar-refractivity contribution in [2.24, 2.45) is 0 Å². The first kappa shape index (κ1) is 21.5. The molecule has 1 fully saturated rings. The number of rotatable bonds is 5. The van der Waals surface area contributed by atoms with Crippen LogP contribution in [0.3, 0.4) is 0 Å². The third kappa shape index (κ3) is 4.43. The van der Waals surface area contributed by atoms with Gasteiger partial charge in [0.1, 0.15) is 5.82 Å². The number of H-pyrrole nitrogens is 2. The molecule has 0 aliphatic heterocycles. The topological polar surface area (TPSA) is 113 Å². The number of nitrogens with zero attached hydrogens (tertiary/aromatic N) is 2. The molecule has 0 saturated heterocycles. The summed E-state index contributed by atoms with van der Waals surface area (Å²) in [5.74, 6) is 0.445. The number of fused-ring (bicyclic) bond motifs is 2. The van der Waals surface area contributed by atoms with E-state index in [4.69, 9.17) is 11.6 Å². The van der Waals surface area contributed by atoms with Gasteiger partial charge in [-0.05, 0) is 56.0 Å². The van der Waals surface area contributed by atoms with Crippen molar-refractivity contribution >= 4 is 39.4 Å². The molecule has 170 valence electrons. The highest BCUT2D eigenvalue weighted by Crippen LogP contribution is 2.30. The molecule has 0 atom stereocenters. The summed E-state index contributed by atoms with van der Waals surface area (Å²) in [7, 11) is 0. The zero-order chi connectivity index (χ0) is 22.9. The van der Waals surface area contributed by atoms with Crippen molar-refractivity contribution in [1.29, 1.82) is 0 Å². The maximum atomic E-state index is 12.5. The summed E-state index contributed by atoms with van der Waals surface area (Å²) in [5, 5.41) is 4.23. The molecule has 9 heteroatoms. The standard InChI is InChI=1S/C24H24ClN5O3/c25-14-5-10-19-20(13-14)30(24(33)28-19)16-8-6-15(7-9-16)26-22(31)12-11-21-27-18-4-2-1-3-17(18)23(32)29-21/h1-5,10,13,15-16H,6-9,11-12H2,(H,26,31)(H,28,33)(H,27,29,32). The van der Waals surface area contributed by atoms with Crippen LogP contribution < -0.4 is 16.6 Å². The number of aromatic amines is 2. The van der Waals surface area contributed by atoms with Crippen molar-refractivity contribution < 1.29 is 4.79 Å². The van der Waals surface area contributed by atoms with Crippen LogP contribution in [0.1, 0.15) is 44.0 Å². The number of aromatic nitrogens is 4. The summed E-state index contributed by atoms with van der Waals surface area (Å²) < 4.78 is 1.79. The van der Waals surface area contributed by atoms with Gasteiger partial charge in [0.2, 0.25) is 5.91 Å². The van der Waals surface area contributed by atoms with Crippen LogP contribution in [0.15, 0.2) is 52.1 Å². The first-order chi connectivity index (χ1) is 16.0. The molecule has 0 bridgehead atoms. The largest absolute Gasteiger partial charge is 0.353 e. The Morgan fingerprint density at radius 2 is 1.88 bits per heavy atom. The van der Waals surface area contributed by atoms with E-state index < -0.39 is 0 Å². The zero-order valence-electron chi connectivity index (χ0n) is 17.9. The zero-order valence-corrected chi connectivity index (χ0v) is 18.7. The third-order valence-corrected chi connectivity index (χ3v) is 6.59. The Morgan fingerprint density at radius 3 is 2.70 bits per heavy atom. The Kier molecular flexibility index (Phi) is 5.76. The fraction of sp³-hybridized carbons (Fsp3) is 0.333. The van der Waals surface area contributed by atoms with E-state index in [2.05, 4.69) is 20.3 Å². The van der Waals surface area contributed by atoms with Gasteiger partial charge >= 0.3 is 5.69 Å². The minimum atomic E-state index is -0.192. The van der Waals surface area contributed by atoms with Crippen LogP contribution in [0.25, 0.3) is 21.9 Å². The Bertz CT molecular complexity index is 1450. The van der Waals surface area contributed by atoms with E-state index in [1.807, 2.05) is 18.2 Å². The van der Waals surface area contributed by atoms with Crippen LogP contribution in [0, 0.1) is 0 Å². The summed E-state index contributed by atoms with van der Waals surface area (Å²) >= 11 is 6.13. The van der Waals surface area contributed by atoms with Crippen molar-refractivity contribution in [3.8, 4) is 0 Å². The van der Waals surface area contributed by atoms with Gasteiger partial charge in [0, 0.05) is 29.9 Å². The van der Waals surface area contributed by atoms with E-state index in [0.717, 1.165) is 36.7 Å². The maximum absolute atomic E-state index is 12.5. The molecule has 2 aromatic heterocycles. The number of aryl methyl sites for hydroxylation is 1. The summed E-state index contributed by atoms with van der Waals surface area (Å²) in [6, 6.07) is 12.7. The number of nitrogens with one attached hydrogen (secondary N) is 3. The molecule has 0 unspecified atom stereocenters. The maximum Gasteiger partial charge on any atom is 0.326 e. The Morgan fingerprint density at radius 1 is 1.09 bits per heavy atom. The Hall–Kier alpha value is -3.39. The molecule has 1 saturated carbocycles. The molecule has 0 radical (unpaired) electrons. The number of hydrogen-bond donors (Lipinski definition) is 3. The minimum Gasteiger partial charge on any atom is -0.353 e. The fourth-order valence-electron chi connectivity index (χ4n) is 4.72. The predicted octanol–water partition coefficient (Wildman–Crippen LogP) is 3.45. The lowest BCUT2D eigenvalue weighted by Gasteiger charge is -2.30. The molecule has 5 rings (SSSR count). The summed E-state index contributed by atoms with van der Waals surface area (Å²) in [5.41, 5.74) is 1.90. The summed E-state index contributed by atoms with van der Waals surface area (Å²) in [6.07, 6.45) is 3.80. The van der Waals surface area contributed by atoms with Gasteiger partial charge in [-0.3, -0.25) is 14.2 Å². The van der Waals surface area contributed by atoms with Gasteiger partial charge in [-0.2, -0.15) is 0 Å². The van der Waals surface area contributed by atoms with E-state index in [1.54, 1.807) is 28.8 Å². The van der Waals surface area contributed by atoms with Crippen molar-refractivity contribution in [1.82, 2.24) is 24.8 Å². The number of carbonyl (C=O) groups is 1. The average molecular weight is 466 g/mol. The summed E-state index contributed by atoms with van der Waals surface area (Å²) in [4.78, 5) is 47.3. The van der Waals surface area contributed by atoms with E-state index in [1.165, 1.54) is 0 Å². The van der Waals surface area contributed by atoms with Gasteiger partial charge in [0.25, 0.3) is 5.56 Å². The minimum absolute atomic E-state index is 0.0645. The first-order valence-corrected chi connectivity index (χ1v) is 11.5. The number of hydrogen-bond acceptors (Lipinski definition) is 4. The number of benzene rings is 2. The van der Waals surface area contributed by atoms with E-state index in [9.17, 15) is 14.4 Å². The lowest BCUT2D eigenvalue weighted by atomic mass is 9.90. The van der Waals surface area contributed by atoms with Gasteiger partial charge < -0.3 is 15.3 Å². The molecule has 33 heavy (non-hydrogen) atoms. The highest BCUT2D eigenvalue weighted by atomic mass is 35.5. The van der Waals surface area contributed by atoms with Crippen LogP contribution in [-0.4, -0.2) is 31.5 Å². The second-order valence-electron chi connectivity index (χ2n) is 8.56. The van der Waals surface area contributed by atoms with Crippen LogP contribution in [-0.2, 0) is 11.2 Å². The van der Waals surface area contributed by atoms with Gasteiger partial charge in [-0.1, -0.05) is 23.7 Å². The van der Waals surface area contributed by atoms with Crippen molar-refractivity contribution in [2.75, 3.05) is 0 Å². The second-order valence-corrected chi connectivity index (χ2v) is 9.00. The Labute approximate surface area is 194 Å². The molecule has 4 aromatic rings.